The van der Waals surface area contributed by atoms with Gasteiger partial charge >= 0.3 is 0 Å². The average Bonchev–Trinajstić information content (AvgIpc) is 3.18. The van der Waals surface area contributed by atoms with E-state index >= 15 is 0 Å². The quantitative estimate of drug-likeness (QED) is 0.466. The molecule has 158 valence electrons. The van der Waals surface area contributed by atoms with Gasteiger partial charge in [-0.05, 0) is 60.7 Å². The van der Waals surface area contributed by atoms with Crippen molar-refractivity contribution >= 4 is 22.5 Å². The van der Waals surface area contributed by atoms with Crippen molar-refractivity contribution in [1.82, 2.24) is 9.38 Å². The molecular weight excluding hydrogens is 388 g/mol. The number of fused-ring (bicyclic) bond motifs is 3. The van der Waals surface area contributed by atoms with Gasteiger partial charge in [0.25, 0.3) is 0 Å². The highest BCUT2D eigenvalue weighted by Gasteiger charge is 2.19. The molecule has 0 aliphatic rings. The van der Waals surface area contributed by atoms with Gasteiger partial charge in [0.1, 0.15) is 11.9 Å². The lowest BCUT2D eigenvalue weighted by Gasteiger charge is -2.18. The highest BCUT2D eigenvalue weighted by atomic mass is 16.5. The van der Waals surface area contributed by atoms with E-state index < -0.39 is 0 Å². The second-order valence-corrected chi connectivity index (χ2v) is 7.42. The van der Waals surface area contributed by atoms with Crippen LogP contribution in [0.5, 0.6) is 11.5 Å². The largest absolute Gasteiger partial charge is 0.493 e. The number of rotatable bonds is 7. The summed E-state index contributed by atoms with van der Waals surface area (Å²) in [5.41, 5.74) is 6.50. The first-order valence-corrected chi connectivity index (χ1v) is 10.4. The topological polar surface area (TPSA) is 71.6 Å². The predicted octanol–water partition coefficient (Wildman–Crippen LogP) is 4.90. The summed E-state index contributed by atoms with van der Waals surface area (Å²) >= 11 is 0. The number of anilines is 1. The molecule has 0 radical (unpaired) electrons. The van der Waals surface area contributed by atoms with Gasteiger partial charge in [-0.1, -0.05) is 25.1 Å². The van der Waals surface area contributed by atoms with E-state index in [1.807, 2.05) is 43.3 Å². The van der Waals surface area contributed by atoms with Crippen LogP contribution in [0.1, 0.15) is 29.2 Å². The number of para-hydroxylation sites is 2. The monoisotopic (exact) mass is 414 g/mol. The van der Waals surface area contributed by atoms with Gasteiger partial charge in [-0.2, -0.15) is 5.26 Å². The highest BCUT2D eigenvalue weighted by Crippen LogP contribution is 2.32. The number of hydrogen-bond acceptors (Lipinski definition) is 5. The summed E-state index contributed by atoms with van der Waals surface area (Å²) in [6.45, 7) is 4.86. The van der Waals surface area contributed by atoms with E-state index in [-0.39, 0.29) is 0 Å². The van der Waals surface area contributed by atoms with Crippen molar-refractivity contribution < 1.29 is 9.47 Å². The number of aromatic nitrogens is 2. The minimum absolute atomic E-state index is 0.637. The Morgan fingerprint density at radius 2 is 1.87 bits per heavy atom. The van der Waals surface area contributed by atoms with Crippen molar-refractivity contribution in [2.45, 2.75) is 26.7 Å². The molecule has 4 rings (SSSR count). The number of imidazole rings is 1. The number of benzene rings is 2. The van der Waals surface area contributed by atoms with Crippen LogP contribution in [-0.4, -0.2) is 30.1 Å². The zero-order chi connectivity index (χ0) is 22.0. The van der Waals surface area contributed by atoms with Gasteiger partial charge in [0, 0.05) is 6.54 Å². The van der Waals surface area contributed by atoms with Gasteiger partial charge < -0.3 is 14.8 Å². The smallest absolute Gasteiger partial charge is 0.160 e. The highest BCUT2D eigenvalue weighted by molar-refractivity contribution is 5.86. The molecule has 4 aromatic rings. The molecule has 0 fully saturated rings. The molecule has 0 saturated carbocycles. The molecule has 0 aliphatic heterocycles. The summed E-state index contributed by atoms with van der Waals surface area (Å²) in [4.78, 5) is 4.76. The molecule has 0 unspecified atom stereocenters. The third kappa shape index (κ3) is 3.53. The summed E-state index contributed by atoms with van der Waals surface area (Å²) in [5, 5.41) is 13.5. The summed E-state index contributed by atoms with van der Waals surface area (Å²) in [6, 6.07) is 16.4. The van der Waals surface area contributed by atoms with Crippen LogP contribution >= 0.6 is 0 Å². The van der Waals surface area contributed by atoms with Gasteiger partial charge in [-0.25, -0.2) is 4.98 Å². The Morgan fingerprint density at radius 1 is 1.10 bits per heavy atom. The Hall–Kier alpha value is -3.72. The molecule has 2 aromatic heterocycles. The summed E-state index contributed by atoms with van der Waals surface area (Å²) in [5.74, 6) is 2.46. The first-order chi connectivity index (χ1) is 15.1. The van der Waals surface area contributed by atoms with E-state index in [0.717, 1.165) is 64.4 Å². The van der Waals surface area contributed by atoms with E-state index in [0.29, 0.717) is 11.2 Å². The van der Waals surface area contributed by atoms with E-state index in [4.69, 9.17) is 14.5 Å². The Labute approximate surface area is 182 Å². The second-order valence-electron chi connectivity index (χ2n) is 7.42. The normalized spacial score (nSPS) is 10.9. The molecule has 0 spiro atoms. The van der Waals surface area contributed by atoms with Crippen molar-refractivity contribution in [3.8, 4) is 17.6 Å². The Morgan fingerprint density at radius 3 is 2.58 bits per heavy atom. The van der Waals surface area contributed by atoms with Crippen molar-refractivity contribution in [3.63, 3.8) is 0 Å². The fourth-order valence-corrected chi connectivity index (χ4v) is 4.16. The molecule has 6 heteroatoms. The average molecular weight is 415 g/mol. The van der Waals surface area contributed by atoms with E-state index in [1.165, 1.54) is 0 Å². The molecule has 6 nitrogen and oxygen atoms in total. The Balaban J connectivity index is 1.74. The van der Waals surface area contributed by atoms with Crippen molar-refractivity contribution in [2.75, 3.05) is 26.1 Å². The fourth-order valence-electron chi connectivity index (χ4n) is 4.16. The standard InChI is InChI=1S/C25H26N4O2/c1-5-18-16(2)19(15-26)25-28-20-8-6-7-9-21(20)29(25)24(18)27-13-12-17-10-11-22(30-3)23(14-17)31-4/h6-11,14,27H,5,12-13H2,1-4H3. The lowest BCUT2D eigenvalue weighted by Crippen LogP contribution is -2.13. The molecule has 0 bridgehead atoms. The maximum atomic E-state index is 9.82. The molecule has 31 heavy (non-hydrogen) atoms. The third-order valence-electron chi connectivity index (χ3n) is 5.74. The van der Waals surface area contributed by atoms with E-state index in [2.05, 4.69) is 28.8 Å². The van der Waals surface area contributed by atoms with Gasteiger partial charge in [0.05, 0.1) is 30.8 Å². The van der Waals surface area contributed by atoms with Gasteiger partial charge in [0.15, 0.2) is 17.1 Å². The van der Waals surface area contributed by atoms with Gasteiger partial charge in [-0.3, -0.25) is 4.40 Å². The molecular formula is C25H26N4O2. The maximum Gasteiger partial charge on any atom is 0.160 e. The molecule has 2 aromatic carbocycles. The Bertz CT molecular complexity index is 1300. The van der Waals surface area contributed by atoms with Crippen molar-refractivity contribution in [3.05, 3.63) is 64.7 Å². The zero-order valence-corrected chi connectivity index (χ0v) is 18.3. The zero-order valence-electron chi connectivity index (χ0n) is 18.3. The number of nitriles is 1. The summed E-state index contributed by atoms with van der Waals surface area (Å²) in [7, 11) is 3.28. The third-order valence-corrected chi connectivity index (χ3v) is 5.74. The summed E-state index contributed by atoms with van der Waals surface area (Å²) < 4.78 is 12.9. The van der Waals surface area contributed by atoms with Crippen LogP contribution in [0, 0.1) is 18.3 Å². The number of nitrogens with one attached hydrogen (secondary N) is 1. The Kier molecular flexibility index (Phi) is 5.68. The second kappa shape index (κ2) is 8.57. The first kappa shape index (κ1) is 20.5. The van der Waals surface area contributed by atoms with Gasteiger partial charge in [0.2, 0.25) is 0 Å². The van der Waals surface area contributed by atoms with Crippen molar-refractivity contribution in [1.29, 1.82) is 5.26 Å². The maximum absolute atomic E-state index is 9.82. The first-order valence-electron chi connectivity index (χ1n) is 10.4. The van der Waals surface area contributed by atoms with Crippen LogP contribution in [0.3, 0.4) is 0 Å². The van der Waals surface area contributed by atoms with Crippen LogP contribution in [-0.2, 0) is 12.8 Å². The number of ether oxygens (including phenoxy) is 2. The molecule has 1 N–H and O–H groups in total. The number of pyridine rings is 1. The van der Waals surface area contributed by atoms with Crippen LogP contribution in [0.15, 0.2) is 42.5 Å². The molecule has 0 aliphatic carbocycles. The molecule has 0 amide bonds. The molecule has 0 saturated heterocycles. The minimum atomic E-state index is 0.637. The molecule has 2 heterocycles. The van der Waals surface area contributed by atoms with E-state index in [9.17, 15) is 5.26 Å². The van der Waals surface area contributed by atoms with Crippen LogP contribution in [0.4, 0.5) is 5.82 Å². The lowest BCUT2D eigenvalue weighted by atomic mass is 10.0. The van der Waals surface area contributed by atoms with Crippen LogP contribution in [0.2, 0.25) is 0 Å². The number of hydrogen-bond donors (Lipinski definition) is 1. The van der Waals surface area contributed by atoms with Gasteiger partial charge in [-0.15, -0.1) is 0 Å². The van der Waals surface area contributed by atoms with Crippen LogP contribution < -0.4 is 14.8 Å². The minimum Gasteiger partial charge on any atom is -0.493 e. The number of methoxy groups -OCH3 is 2. The number of nitrogens with zero attached hydrogens (tertiary/aromatic N) is 3. The SMILES string of the molecule is CCc1c(C)c(C#N)c2nc3ccccc3n2c1NCCc1ccc(OC)c(OC)c1. The van der Waals surface area contributed by atoms with Crippen molar-refractivity contribution in [2.24, 2.45) is 0 Å². The predicted molar refractivity (Wildman–Crippen MR) is 123 cm³/mol. The fraction of sp³-hybridized carbons (Fsp3) is 0.280. The van der Waals surface area contributed by atoms with E-state index in [1.54, 1.807) is 14.2 Å². The molecule has 0 atom stereocenters. The summed E-state index contributed by atoms with van der Waals surface area (Å²) in [6.07, 6.45) is 1.64. The lowest BCUT2D eigenvalue weighted by molar-refractivity contribution is 0.354. The van der Waals surface area contributed by atoms with Crippen LogP contribution in [0.25, 0.3) is 16.7 Å².